The maximum atomic E-state index is 12.5. The van der Waals surface area contributed by atoms with E-state index in [-0.39, 0.29) is 5.78 Å². The molecule has 0 saturated heterocycles. The van der Waals surface area contributed by atoms with Crippen molar-refractivity contribution < 1.29 is 14.3 Å². The molecule has 0 aliphatic heterocycles. The first-order valence-electron chi connectivity index (χ1n) is 11.4. The van der Waals surface area contributed by atoms with Gasteiger partial charge >= 0.3 is 5.97 Å². The molecule has 3 aromatic rings. The number of aryl methyl sites for hydroxylation is 1. The molecule has 0 atom stereocenters. The van der Waals surface area contributed by atoms with Crippen LogP contribution in [0.25, 0.3) is 17.2 Å². The Hall–Kier alpha value is -3.72. The summed E-state index contributed by atoms with van der Waals surface area (Å²) in [6, 6.07) is 23.4. The van der Waals surface area contributed by atoms with Crippen molar-refractivity contribution >= 4 is 17.8 Å². The van der Waals surface area contributed by atoms with Crippen molar-refractivity contribution in [3.63, 3.8) is 0 Å². The quantitative estimate of drug-likeness (QED) is 0.108. The summed E-state index contributed by atoms with van der Waals surface area (Å²) >= 11 is 0. The minimum Gasteiger partial charge on any atom is -0.423 e. The largest absolute Gasteiger partial charge is 0.423 e. The summed E-state index contributed by atoms with van der Waals surface area (Å²) in [5, 5.41) is 0. The van der Waals surface area contributed by atoms with Crippen LogP contribution in [0.5, 0.6) is 5.75 Å². The van der Waals surface area contributed by atoms with Crippen LogP contribution in [0.2, 0.25) is 0 Å². The Bertz CT molecular complexity index is 1120. The molecule has 3 nitrogen and oxygen atoms in total. The minimum absolute atomic E-state index is 0.115. The van der Waals surface area contributed by atoms with Gasteiger partial charge in [0.05, 0.1) is 0 Å². The van der Waals surface area contributed by atoms with Crippen LogP contribution in [0.3, 0.4) is 0 Å². The number of allylic oxidation sites excluding steroid dienone is 1. The predicted molar refractivity (Wildman–Crippen MR) is 135 cm³/mol. The molecule has 3 heteroatoms. The average molecular weight is 439 g/mol. The number of carbonyl (C=O) groups excluding carboxylic acids is 2. The number of hydrogen-bond donors (Lipinski definition) is 0. The monoisotopic (exact) mass is 438 g/mol. The smallest absolute Gasteiger partial charge is 0.338 e. The Morgan fingerprint density at radius 3 is 2.03 bits per heavy atom. The molecule has 0 fully saturated rings. The van der Waals surface area contributed by atoms with E-state index in [0.717, 1.165) is 17.5 Å². The van der Waals surface area contributed by atoms with Crippen molar-refractivity contribution in [3.8, 4) is 16.9 Å². The zero-order valence-corrected chi connectivity index (χ0v) is 19.3. The lowest BCUT2D eigenvalue weighted by Gasteiger charge is -2.05. The molecule has 33 heavy (non-hydrogen) atoms. The number of hydrogen-bond acceptors (Lipinski definition) is 3. The molecule has 0 spiro atoms. The molecule has 168 valence electrons. The number of carbonyl (C=O) groups is 2. The molecule has 0 radical (unpaired) electrons. The van der Waals surface area contributed by atoms with Gasteiger partial charge in [-0.1, -0.05) is 81.0 Å². The average Bonchev–Trinajstić information content (AvgIpc) is 2.84. The third kappa shape index (κ3) is 7.15. The van der Waals surface area contributed by atoms with E-state index < -0.39 is 5.97 Å². The van der Waals surface area contributed by atoms with Crippen LogP contribution < -0.4 is 4.74 Å². The van der Waals surface area contributed by atoms with Gasteiger partial charge in [-0.05, 0) is 72.4 Å². The van der Waals surface area contributed by atoms with E-state index in [1.54, 1.807) is 43.3 Å². The number of benzene rings is 3. The van der Waals surface area contributed by atoms with E-state index in [1.165, 1.54) is 30.4 Å². The van der Waals surface area contributed by atoms with Gasteiger partial charge in [0.25, 0.3) is 0 Å². The summed E-state index contributed by atoms with van der Waals surface area (Å²) in [5.74, 6) is -0.219. The summed E-state index contributed by atoms with van der Waals surface area (Å²) in [4.78, 5) is 24.0. The fourth-order valence-corrected chi connectivity index (χ4v) is 3.38. The number of unbranched alkanes of at least 4 members (excludes halogenated alkanes) is 2. The molecule has 0 unspecified atom stereocenters. The number of ketones is 1. The highest BCUT2D eigenvalue weighted by molar-refractivity contribution is 6.06. The molecule has 0 saturated carbocycles. The van der Waals surface area contributed by atoms with E-state index >= 15 is 0 Å². The van der Waals surface area contributed by atoms with Gasteiger partial charge < -0.3 is 4.74 Å². The van der Waals surface area contributed by atoms with E-state index in [0.29, 0.717) is 16.9 Å². The molecule has 0 aromatic heterocycles. The fourth-order valence-electron chi connectivity index (χ4n) is 3.38. The van der Waals surface area contributed by atoms with Crippen LogP contribution in [-0.4, -0.2) is 11.8 Å². The third-order valence-corrected chi connectivity index (χ3v) is 5.39. The molecule has 0 amide bonds. The number of rotatable bonds is 10. The lowest BCUT2D eigenvalue weighted by Crippen LogP contribution is -2.08. The van der Waals surface area contributed by atoms with E-state index in [4.69, 9.17) is 4.74 Å². The van der Waals surface area contributed by atoms with Crippen molar-refractivity contribution in [1.29, 1.82) is 0 Å². The van der Waals surface area contributed by atoms with Crippen LogP contribution >= 0.6 is 0 Å². The van der Waals surface area contributed by atoms with Crippen molar-refractivity contribution in [1.82, 2.24) is 0 Å². The Labute approximate surface area is 196 Å². The minimum atomic E-state index is -0.486. The van der Waals surface area contributed by atoms with E-state index in [1.807, 2.05) is 12.1 Å². The molecule has 3 aromatic carbocycles. The number of esters is 1. The van der Waals surface area contributed by atoms with Crippen LogP contribution in [0, 0.1) is 0 Å². The number of ether oxygens (including phenoxy) is 1. The Morgan fingerprint density at radius 2 is 1.45 bits per heavy atom. The van der Waals surface area contributed by atoms with Crippen molar-refractivity contribution in [2.75, 3.05) is 0 Å². The summed E-state index contributed by atoms with van der Waals surface area (Å²) < 4.78 is 5.15. The van der Waals surface area contributed by atoms with Crippen molar-refractivity contribution in [3.05, 3.63) is 108 Å². The molecule has 0 aliphatic carbocycles. The summed E-state index contributed by atoms with van der Waals surface area (Å²) in [6.07, 6.45) is 8.24. The van der Waals surface area contributed by atoms with Crippen LogP contribution in [0.15, 0.2) is 91.0 Å². The molecular weight excluding hydrogens is 408 g/mol. The van der Waals surface area contributed by atoms with Gasteiger partial charge in [-0.25, -0.2) is 4.79 Å². The maximum Gasteiger partial charge on any atom is 0.338 e. The fraction of sp³-hybridized carbons (Fsp3) is 0.200. The van der Waals surface area contributed by atoms with Crippen molar-refractivity contribution in [2.45, 2.75) is 39.5 Å². The standard InChI is InChI=1S/C30H30O3/c1-4-5-6-7-23-8-13-25(14-9-23)26-15-10-24(11-16-26)12-21-29(31)27-17-19-28(20-18-27)33-30(32)22(2)3/h8-21H,2,4-7H2,1,3H3. The maximum absolute atomic E-state index is 12.5. The Kier molecular flexibility index (Phi) is 8.54. The second-order valence-corrected chi connectivity index (χ2v) is 8.17. The zero-order valence-electron chi connectivity index (χ0n) is 19.3. The van der Waals surface area contributed by atoms with E-state index in [2.05, 4.69) is 49.9 Å². The second kappa shape index (κ2) is 11.8. The lowest BCUT2D eigenvalue weighted by atomic mass is 10.00. The summed E-state index contributed by atoms with van der Waals surface area (Å²) in [6.45, 7) is 7.36. The van der Waals surface area contributed by atoms with Gasteiger partial charge in [-0.3, -0.25) is 4.79 Å². The van der Waals surface area contributed by atoms with Gasteiger partial charge in [0.2, 0.25) is 0 Å². The Morgan fingerprint density at radius 1 is 0.848 bits per heavy atom. The lowest BCUT2D eigenvalue weighted by molar-refractivity contribution is -0.130. The highest BCUT2D eigenvalue weighted by Gasteiger charge is 2.07. The van der Waals surface area contributed by atoms with Gasteiger partial charge in [0, 0.05) is 11.1 Å². The molecule has 0 heterocycles. The SMILES string of the molecule is C=C(C)C(=O)Oc1ccc(C(=O)C=Cc2ccc(-c3ccc(CCCCC)cc3)cc2)cc1. The molecule has 0 bridgehead atoms. The Balaban J connectivity index is 1.59. The highest BCUT2D eigenvalue weighted by atomic mass is 16.5. The van der Waals surface area contributed by atoms with Crippen LogP contribution in [0.4, 0.5) is 0 Å². The normalized spacial score (nSPS) is 10.8. The first kappa shape index (κ1) is 23.9. The van der Waals surface area contributed by atoms with E-state index in [9.17, 15) is 9.59 Å². The van der Waals surface area contributed by atoms with Gasteiger partial charge in [0.15, 0.2) is 5.78 Å². The molecule has 3 rings (SSSR count). The predicted octanol–water partition coefficient (Wildman–Crippen LogP) is 7.46. The topological polar surface area (TPSA) is 43.4 Å². The second-order valence-electron chi connectivity index (χ2n) is 8.17. The first-order valence-corrected chi connectivity index (χ1v) is 11.4. The first-order chi connectivity index (χ1) is 16.0. The van der Waals surface area contributed by atoms with Gasteiger partial charge in [0.1, 0.15) is 5.75 Å². The molecule has 0 aliphatic rings. The summed E-state index contributed by atoms with van der Waals surface area (Å²) in [7, 11) is 0. The molecular formula is C30H30O3. The van der Waals surface area contributed by atoms with Crippen LogP contribution in [-0.2, 0) is 11.2 Å². The van der Waals surface area contributed by atoms with Crippen molar-refractivity contribution in [2.24, 2.45) is 0 Å². The zero-order chi connectivity index (χ0) is 23.6. The summed E-state index contributed by atoms with van der Waals surface area (Å²) in [5.41, 5.74) is 5.52. The highest BCUT2D eigenvalue weighted by Crippen LogP contribution is 2.22. The van der Waals surface area contributed by atoms with Gasteiger partial charge in [-0.15, -0.1) is 0 Å². The van der Waals surface area contributed by atoms with Crippen LogP contribution in [0.1, 0.15) is 54.6 Å². The third-order valence-electron chi connectivity index (χ3n) is 5.39. The van der Waals surface area contributed by atoms with Gasteiger partial charge in [-0.2, -0.15) is 0 Å². The molecule has 0 N–H and O–H groups in total.